The number of methoxy groups -OCH3 is 1. The van der Waals surface area contributed by atoms with Gasteiger partial charge in [-0.15, -0.1) is 0 Å². The summed E-state index contributed by atoms with van der Waals surface area (Å²) in [5.41, 5.74) is 27.2. The number of fused-ring (bicyclic) bond motifs is 6. The minimum atomic E-state index is -1.38. The number of carbonyl (C=O) groups excluding carboxylic acids is 3. The van der Waals surface area contributed by atoms with Gasteiger partial charge < -0.3 is 137 Å². The molecule has 16 atom stereocenters. The third-order valence-corrected chi connectivity index (χ3v) is 22.9. The lowest BCUT2D eigenvalue weighted by atomic mass is 10.1. The maximum Gasteiger partial charge on any atom is 0.340 e. The number of thiol groups is 1. The number of hydrogen-bond donors (Lipinski definition) is 21. The van der Waals surface area contributed by atoms with E-state index in [2.05, 4.69) is 164 Å². The van der Waals surface area contributed by atoms with Crippen molar-refractivity contribution in [3.05, 3.63) is 121 Å². The van der Waals surface area contributed by atoms with Crippen molar-refractivity contribution < 1.29 is 110 Å². The van der Waals surface area contributed by atoms with Gasteiger partial charge in [-0.2, -0.15) is 12.6 Å². The molecule has 24 N–H and O–H groups in total. The predicted molar refractivity (Wildman–Crippen MR) is 446 cm³/mol. The van der Waals surface area contributed by atoms with Crippen LogP contribution in [-0.4, -0.2) is 284 Å². The van der Waals surface area contributed by atoms with Crippen molar-refractivity contribution in [1.82, 2.24) is 88.0 Å². The van der Waals surface area contributed by atoms with Crippen LogP contribution in [0.25, 0.3) is 66.2 Å². The van der Waals surface area contributed by atoms with Gasteiger partial charge in [-0.05, 0) is 125 Å². The molecule has 0 aliphatic carbocycles. The summed E-state index contributed by atoms with van der Waals surface area (Å²) < 4.78 is 34.9. The first-order valence-electron chi connectivity index (χ1n) is 35.5. The van der Waals surface area contributed by atoms with Crippen molar-refractivity contribution in [2.75, 3.05) is 45.0 Å². The maximum atomic E-state index is 11.9. The van der Waals surface area contributed by atoms with Crippen LogP contribution in [0.15, 0.2) is 40.1 Å². The van der Waals surface area contributed by atoms with Gasteiger partial charge in [-0.1, -0.05) is 11.6 Å². The molecule has 4 aliphatic rings. The Morgan fingerprint density at radius 1 is 0.496 bits per heavy atom. The molecule has 16 heterocycles. The van der Waals surface area contributed by atoms with E-state index in [1.54, 1.807) is 62.3 Å². The highest BCUT2D eigenvalue weighted by Gasteiger charge is 2.49. The molecule has 44 nitrogen and oxygen atoms in total. The summed E-state index contributed by atoms with van der Waals surface area (Å²) in [7, 11) is 1.31. The lowest BCUT2D eigenvalue weighted by molar-refractivity contribution is -0.0518. The van der Waals surface area contributed by atoms with Gasteiger partial charge in [-0.3, -0.25) is 18.7 Å². The van der Waals surface area contributed by atoms with Gasteiger partial charge >= 0.3 is 5.97 Å². The average molecular weight is 2050 g/mol. The number of nitrogen functional groups attached to an aromatic ring is 2. The zero-order valence-corrected chi connectivity index (χ0v) is 72.5. The highest BCUT2D eigenvalue weighted by molar-refractivity contribution is 14.1. The van der Waals surface area contributed by atoms with Crippen molar-refractivity contribution in [3.63, 3.8) is 0 Å². The lowest BCUT2D eigenvalue weighted by Crippen LogP contribution is -2.33. The number of amides is 2. The molecule has 0 spiro atoms. The molecule has 4 aliphatic heterocycles. The number of anilines is 2. The molecule has 0 bridgehead atoms. The van der Waals surface area contributed by atoms with Crippen LogP contribution in [0.5, 0.6) is 0 Å². The molecule has 2 amide bonds. The fraction of sp³-hybridized carbons (Fsp3) is 0.435. The number of hydrogen-bond acceptors (Lipinski definition) is 37. The van der Waals surface area contributed by atoms with Crippen LogP contribution in [-0.2, 0) is 42.7 Å². The van der Waals surface area contributed by atoms with E-state index in [0.717, 1.165) is 29.3 Å². The number of nitrogens with two attached hydrogens (primary N) is 4. The number of H-pyrrole nitrogens is 2. The summed E-state index contributed by atoms with van der Waals surface area (Å²) in [4.78, 5) is 91.3. The Kier molecular flexibility index (Phi) is 29.5. The van der Waals surface area contributed by atoms with Gasteiger partial charge in [0.2, 0.25) is 0 Å². The highest BCUT2D eigenvalue weighted by Crippen LogP contribution is 2.43. The Labute approximate surface area is 725 Å². The standard InChI is InChI=1S/C14H17BrN4O6.C13H16BrN5O5.C13H16IN3O5.C13H16IN3O4S.C9H8ClN3O2.C7H8N4/c1-4-17-5(2-20)7-8(12(16)24)11(15)19(13(7)18-4)14-10(23)9(22)6(3-21)25-14;1-3-17-10(15)6-5(11(16)23)9(14)19(12(6)18-3)13-8(22)7(21)4(2-20)24-13;1-5-15-7(3-18)9-6(14)2-17(12(9)16-5)13-11(21)10(20)8(4-19)22-13;1-5-15-7(4-22)9-6(14)2-17(12(9)16-5)13-11(20)10(19)8(3-18)21-13;1-4-12-7(10)6-5(9(14)15-2)3-11-8(6)13-4;1-4-10-6(8)5-2-3-9-7(5)11-4/h6,9-10,14,20-23H,2-3H2,1H3,(H2,16,24);4,7-8,13,20-22H,2H2,1H3,(H2,16,23)(H2,15,17,18);2,8,10-11,13,18-21H,3-4H2,1H3;2,8,10-11,13,18-20,22H,3-4H2,1H3;3H,1-2H3,(H,11,12,13);2-3H,1H3,(H3,8,9,10,11)/t6-,9-,10-,14-;4-,7-,8-,13-;2*8-,10-,11-,13-;;/m1111../s1. The summed E-state index contributed by atoms with van der Waals surface area (Å²) in [5, 5.41) is 140. The predicted octanol–water partition coefficient (Wildman–Crippen LogP) is -0.112. The van der Waals surface area contributed by atoms with Crippen molar-refractivity contribution in [2.45, 2.75) is 159 Å². The van der Waals surface area contributed by atoms with E-state index in [0.29, 0.717) is 85.5 Å². The number of nitrogens with one attached hydrogen (secondary N) is 2. The van der Waals surface area contributed by atoms with Gasteiger partial charge in [0.15, 0.2) is 24.9 Å². The third-order valence-electron chi connectivity index (χ3n) is 19.2. The number of nitrogens with zero attached hydrogens (tertiary/aromatic N) is 16. The molecule has 0 aromatic carbocycles. The Morgan fingerprint density at radius 3 is 1.29 bits per heavy atom. The number of rotatable bonds is 14. The van der Waals surface area contributed by atoms with Crippen LogP contribution in [0.1, 0.15) is 108 Å². The number of aryl methyl sites for hydroxylation is 6. The second-order valence-electron chi connectivity index (χ2n) is 26.9. The quantitative estimate of drug-likeness (QED) is 0.0292. The number of aliphatic hydroxyl groups is 14. The molecule has 4 saturated heterocycles. The summed E-state index contributed by atoms with van der Waals surface area (Å²) in [6.07, 6.45) is -10.7. The largest absolute Gasteiger partial charge is 0.465 e. The topological polar surface area (TPSA) is 691 Å². The van der Waals surface area contributed by atoms with E-state index >= 15 is 0 Å². The fourth-order valence-electron chi connectivity index (χ4n) is 13.8. The van der Waals surface area contributed by atoms with Gasteiger partial charge in [0, 0.05) is 37.7 Å². The molecule has 640 valence electrons. The lowest BCUT2D eigenvalue weighted by Gasteiger charge is -2.19. The minimum Gasteiger partial charge on any atom is -0.465 e. The number of aromatic amines is 2. The van der Waals surface area contributed by atoms with Gasteiger partial charge in [0.1, 0.15) is 168 Å². The van der Waals surface area contributed by atoms with E-state index in [1.165, 1.54) is 22.4 Å². The molecule has 0 saturated carbocycles. The number of carbonyl (C=O) groups is 3. The van der Waals surface area contributed by atoms with Crippen molar-refractivity contribution in [2.24, 2.45) is 11.5 Å². The maximum absolute atomic E-state index is 11.9. The molecule has 50 heteroatoms. The number of ether oxygens (including phenoxy) is 5. The molecular formula is C69H81Br2ClI2N22O22S. The first-order chi connectivity index (χ1) is 56.4. The Balaban J connectivity index is 0.000000142. The van der Waals surface area contributed by atoms with Crippen LogP contribution in [0.4, 0.5) is 11.6 Å². The molecule has 16 rings (SSSR count). The van der Waals surface area contributed by atoms with E-state index < -0.39 is 136 Å². The second kappa shape index (κ2) is 38.2. The number of halogens is 5. The smallest absolute Gasteiger partial charge is 0.340 e. The van der Waals surface area contributed by atoms with Gasteiger partial charge in [0.05, 0.1) is 113 Å². The van der Waals surface area contributed by atoms with Crippen molar-refractivity contribution in [1.29, 1.82) is 0 Å². The van der Waals surface area contributed by atoms with E-state index in [9.17, 15) is 85.9 Å². The van der Waals surface area contributed by atoms with Crippen LogP contribution in [0.3, 0.4) is 0 Å². The summed E-state index contributed by atoms with van der Waals surface area (Å²) in [5.74, 6) is 2.03. The molecule has 4 fully saturated rings. The van der Waals surface area contributed by atoms with Crippen LogP contribution < -0.4 is 22.9 Å². The molecule has 119 heavy (non-hydrogen) atoms. The Bertz CT molecular complexity index is 5670. The fourth-order valence-corrected chi connectivity index (χ4v) is 17.5. The first-order valence-corrected chi connectivity index (χ1v) is 40.3. The summed E-state index contributed by atoms with van der Waals surface area (Å²) >= 11 is 21.0. The number of primary amides is 2. The molecule has 0 radical (unpaired) electrons. The second-order valence-corrected chi connectivity index (χ2v) is 31.4. The zero-order valence-electron chi connectivity index (χ0n) is 63.4. The SMILES string of the molecule is COC(=O)c1c[nH]c2nc(C)nc(Cl)c12.Cc1nc(CO)c2c(C(N)=O)c(Br)n([C@@H]3O[C@H](CO)[C@@H](O)[C@H]3O)c2n1.Cc1nc(CO)c2c(I)cn([C@@H]3O[C@H](CO)[C@@H](O)[C@H]3O)c2n1.Cc1nc(CS)c2c(I)cn([C@@H]3O[C@H](CO)[C@@H](O)[C@H]3O)c2n1.Cc1nc(N)c2c(C(N)=O)c(Br)n([C@@H]3O[C@H](CO)[C@@H](O)[C@H]3O)c2n1.Cc1nc(N)c2cc[nH]c2n1. The molecule has 12 aromatic heterocycles. The number of aromatic nitrogens is 18. The average Bonchev–Trinajstić information content (AvgIpc) is 1.60. The van der Waals surface area contributed by atoms with Gasteiger partial charge in [0.25, 0.3) is 11.8 Å². The van der Waals surface area contributed by atoms with Crippen molar-refractivity contribution in [3.8, 4) is 0 Å². The van der Waals surface area contributed by atoms with Crippen molar-refractivity contribution >= 4 is 197 Å². The van der Waals surface area contributed by atoms with Crippen LogP contribution in [0.2, 0.25) is 5.15 Å². The number of esters is 1. The van der Waals surface area contributed by atoms with Crippen LogP contribution >= 0.6 is 101 Å². The minimum absolute atomic E-state index is 0.0248. The Hall–Kier alpha value is -7.93. The molecule has 0 unspecified atom stereocenters. The molecular weight excluding hydrogens is 1970 g/mol. The Morgan fingerprint density at radius 2 is 0.866 bits per heavy atom. The normalized spacial score (nSPS) is 23.9. The number of aliphatic hydroxyl groups excluding tert-OH is 14. The monoisotopic (exact) mass is 2050 g/mol. The first kappa shape index (κ1) is 91.8. The summed E-state index contributed by atoms with van der Waals surface area (Å²) in [6.45, 7) is 7.85. The van der Waals surface area contributed by atoms with E-state index in [4.69, 9.17) is 53.5 Å². The van der Waals surface area contributed by atoms with E-state index in [1.807, 2.05) is 13.0 Å². The zero-order chi connectivity index (χ0) is 87.1. The summed E-state index contributed by atoms with van der Waals surface area (Å²) in [6, 6.07) is 1.87. The van der Waals surface area contributed by atoms with E-state index in [-0.39, 0.29) is 78.9 Å². The third kappa shape index (κ3) is 18.0. The van der Waals surface area contributed by atoms with Crippen LogP contribution in [0, 0.1) is 48.7 Å². The molecule has 12 aromatic rings. The highest BCUT2D eigenvalue weighted by atomic mass is 127. The van der Waals surface area contributed by atoms with Gasteiger partial charge in [-0.25, -0.2) is 64.6 Å².